The lowest BCUT2D eigenvalue weighted by molar-refractivity contribution is 0.181. The second-order valence-electron chi connectivity index (χ2n) is 5.07. The van der Waals surface area contributed by atoms with E-state index in [9.17, 15) is 0 Å². The molecular weight excluding hydrogens is 232 g/mol. The normalized spacial score (nSPS) is 22.7. The highest BCUT2D eigenvalue weighted by molar-refractivity contribution is 6.30. The summed E-state index contributed by atoms with van der Waals surface area (Å²) in [4.78, 5) is 2.32. The van der Waals surface area contributed by atoms with Crippen LogP contribution in [0.3, 0.4) is 0 Å². The molecule has 1 N–H and O–H groups in total. The molecule has 0 amide bonds. The first-order chi connectivity index (χ1) is 8.18. The summed E-state index contributed by atoms with van der Waals surface area (Å²) in [5.41, 5.74) is 1.37. The molecule has 0 saturated carbocycles. The van der Waals surface area contributed by atoms with E-state index in [-0.39, 0.29) is 0 Å². The van der Waals surface area contributed by atoms with Crippen LogP contribution in [0, 0.1) is 5.92 Å². The van der Waals surface area contributed by atoms with Crippen molar-refractivity contribution in [2.75, 3.05) is 27.2 Å². The summed E-state index contributed by atoms with van der Waals surface area (Å²) >= 11 is 5.96. The first-order valence-corrected chi connectivity index (χ1v) is 6.69. The van der Waals surface area contributed by atoms with E-state index >= 15 is 0 Å². The van der Waals surface area contributed by atoms with Gasteiger partial charge in [-0.2, -0.15) is 0 Å². The van der Waals surface area contributed by atoms with Gasteiger partial charge in [0.1, 0.15) is 0 Å². The molecule has 1 fully saturated rings. The van der Waals surface area contributed by atoms with Gasteiger partial charge in [-0.15, -0.1) is 0 Å². The van der Waals surface area contributed by atoms with Crippen LogP contribution in [0.25, 0.3) is 0 Å². The Labute approximate surface area is 109 Å². The fourth-order valence-corrected chi connectivity index (χ4v) is 2.93. The van der Waals surface area contributed by atoms with E-state index in [0.717, 1.165) is 18.1 Å². The molecule has 1 aromatic carbocycles. The maximum atomic E-state index is 5.96. The zero-order valence-corrected chi connectivity index (χ0v) is 11.4. The number of nitrogens with one attached hydrogen (secondary N) is 1. The van der Waals surface area contributed by atoms with Crippen molar-refractivity contribution in [2.24, 2.45) is 5.92 Å². The molecule has 1 aliphatic rings. The predicted molar refractivity (Wildman–Crippen MR) is 73.5 cm³/mol. The van der Waals surface area contributed by atoms with Gasteiger partial charge in [0.25, 0.3) is 0 Å². The number of benzene rings is 1. The molecule has 1 heterocycles. The zero-order chi connectivity index (χ0) is 12.3. The SMILES string of the molecule is CN(C)C(c1ccc(Cl)cc1)C1CCCNC1. The highest BCUT2D eigenvalue weighted by Crippen LogP contribution is 2.31. The maximum absolute atomic E-state index is 5.96. The van der Waals surface area contributed by atoms with Crippen LogP contribution in [-0.4, -0.2) is 32.1 Å². The average molecular weight is 253 g/mol. The minimum Gasteiger partial charge on any atom is -0.316 e. The molecule has 2 atom stereocenters. The molecule has 1 aromatic rings. The van der Waals surface area contributed by atoms with Crippen molar-refractivity contribution in [3.8, 4) is 0 Å². The van der Waals surface area contributed by atoms with Crippen LogP contribution in [0.5, 0.6) is 0 Å². The van der Waals surface area contributed by atoms with Gasteiger partial charge in [-0.25, -0.2) is 0 Å². The van der Waals surface area contributed by atoms with Gasteiger partial charge in [0.2, 0.25) is 0 Å². The number of nitrogens with zero attached hydrogens (tertiary/aromatic N) is 1. The average Bonchev–Trinajstić information content (AvgIpc) is 2.33. The molecule has 0 bridgehead atoms. The van der Waals surface area contributed by atoms with E-state index in [2.05, 4.69) is 36.4 Å². The van der Waals surface area contributed by atoms with E-state index in [0.29, 0.717) is 12.0 Å². The summed E-state index contributed by atoms with van der Waals surface area (Å²) in [7, 11) is 4.32. The van der Waals surface area contributed by atoms with Gasteiger partial charge < -0.3 is 10.2 Å². The first kappa shape index (κ1) is 12.9. The molecule has 0 aromatic heterocycles. The van der Waals surface area contributed by atoms with Gasteiger partial charge in [-0.05, 0) is 63.6 Å². The summed E-state index contributed by atoms with van der Waals surface area (Å²) in [5.74, 6) is 0.694. The van der Waals surface area contributed by atoms with Crippen LogP contribution in [0.4, 0.5) is 0 Å². The topological polar surface area (TPSA) is 15.3 Å². The quantitative estimate of drug-likeness (QED) is 0.890. The summed E-state index contributed by atoms with van der Waals surface area (Å²) in [6.45, 7) is 2.28. The second-order valence-corrected chi connectivity index (χ2v) is 5.50. The van der Waals surface area contributed by atoms with Crippen molar-refractivity contribution in [1.82, 2.24) is 10.2 Å². The Hall–Kier alpha value is -0.570. The van der Waals surface area contributed by atoms with Gasteiger partial charge in [0.05, 0.1) is 0 Å². The third-order valence-corrected chi connectivity index (χ3v) is 3.80. The standard InChI is InChI=1S/C14H21ClN2/c1-17(2)14(12-4-3-9-16-10-12)11-5-7-13(15)8-6-11/h5-8,12,14,16H,3-4,9-10H2,1-2H3. The number of piperidine rings is 1. The van der Waals surface area contributed by atoms with Crippen LogP contribution in [0.2, 0.25) is 5.02 Å². The fraction of sp³-hybridized carbons (Fsp3) is 0.571. The Balaban J connectivity index is 2.18. The van der Waals surface area contributed by atoms with Gasteiger partial charge in [-0.1, -0.05) is 23.7 Å². The van der Waals surface area contributed by atoms with Gasteiger partial charge in [0.15, 0.2) is 0 Å². The van der Waals surface area contributed by atoms with Gasteiger partial charge >= 0.3 is 0 Å². The minimum absolute atomic E-state index is 0.486. The molecule has 2 nitrogen and oxygen atoms in total. The molecule has 94 valence electrons. The summed E-state index contributed by atoms with van der Waals surface area (Å²) in [5, 5.41) is 4.31. The van der Waals surface area contributed by atoms with Crippen LogP contribution >= 0.6 is 11.6 Å². The largest absolute Gasteiger partial charge is 0.316 e. The van der Waals surface area contributed by atoms with Crippen molar-refractivity contribution in [2.45, 2.75) is 18.9 Å². The smallest absolute Gasteiger partial charge is 0.0406 e. The maximum Gasteiger partial charge on any atom is 0.0406 e. The molecule has 0 aliphatic carbocycles. The molecule has 1 saturated heterocycles. The molecule has 1 aliphatic heterocycles. The van der Waals surface area contributed by atoms with Gasteiger partial charge in [0, 0.05) is 11.1 Å². The zero-order valence-electron chi connectivity index (χ0n) is 10.6. The van der Waals surface area contributed by atoms with E-state index in [1.165, 1.54) is 18.4 Å². The van der Waals surface area contributed by atoms with Crippen molar-refractivity contribution in [1.29, 1.82) is 0 Å². The second kappa shape index (κ2) is 5.85. The van der Waals surface area contributed by atoms with Crippen molar-refractivity contribution >= 4 is 11.6 Å². The predicted octanol–water partition coefficient (Wildman–Crippen LogP) is 2.94. The fourth-order valence-electron chi connectivity index (χ4n) is 2.80. The third kappa shape index (κ3) is 3.21. The Morgan fingerprint density at radius 3 is 2.53 bits per heavy atom. The van der Waals surface area contributed by atoms with Crippen LogP contribution in [0.15, 0.2) is 24.3 Å². The van der Waals surface area contributed by atoms with E-state index in [4.69, 9.17) is 11.6 Å². The Bertz CT molecular complexity index is 342. The number of hydrogen-bond acceptors (Lipinski definition) is 2. The lowest BCUT2D eigenvalue weighted by atomic mass is 9.86. The lowest BCUT2D eigenvalue weighted by Gasteiger charge is -2.35. The third-order valence-electron chi connectivity index (χ3n) is 3.55. The number of halogens is 1. The van der Waals surface area contributed by atoms with E-state index < -0.39 is 0 Å². The van der Waals surface area contributed by atoms with Crippen LogP contribution < -0.4 is 5.32 Å². The molecular formula is C14H21ClN2. The van der Waals surface area contributed by atoms with Crippen molar-refractivity contribution < 1.29 is 0 Å². The highest BCUT2D eigenvalue weighted by Gasteiger charge is 2.26. The van der Waals surface area contributed by atoms with Crippen LogP contribution in [0.1, 0.15) is 24.4 Å². The molecule has 0 radical (unpaired) electrons. The number of hydrogen-bond donors (Lipinski definition) is 1. The van der Waals surface area contributed by atoms with Crippen molar-refractivity contribution in [3.05, 3.63) is 34.9 Å². The van der Waals surface area contributed by atoms with E-state index in [1.807, 2.05) is 12.1 Å². The Morgan fingerprint density at radius 1 is 1.29 bits per heavy atom. The minimum atomic E-state index is 0.486. The molecule has 2 unspecified atom stereocenters. The summed E-state index contributed by atoms with van der Waals surface area (Å²) in [6, 6.07) is 8.77. The molecule has 3 heteroatoms. The first-order valence-electron chi connectivity index (χ1n) is 6.31. The Morgan fingerprint density at radius 2 is 2.00 bits per heavy atom. The molecule has 0 spiro atoms. The van der Waals surface area contributed by atoms with Gasteiger partial charge in [-0.3, -0.25) is 0 Å². The summed E-state index contributed by atoms with van der Waals surface area (Å²) in [6.07, 6.45) is 2.58. The summed E-state index contributed by atoms with van der Waals surface area (Å²) < 4.78 is 0. The molecule has 17 heavy (non-hydrogen) atoms. The molecule has 2 rings (SSSR count). The Kier molecular flexibility index (Phi) is 4.43. The van der Waals surface area contributed by atoms with E-state index in [1.54, 1.807) is 0 Å². The van der Waals surface area contributed by atoms with Crippen molar-refractivity contribution in [3.63, 3.8) is 0 Å². The number of rotatable bonds is 3. The lowest BCUT2D eigenvalue weighted by Crippen LogP contribution is -2.38. The van der Waals surface area contributed by atoms with Crippen LogP contribution in [-0.2, 0) is 0 Å². The highest BCUT2D eigenvalue weighted by atomic mass is 35.5. The monoisotopic (exact) mass is 252 g/mol.